The van der Waals surface area contributed by atoms with E-state index in [2.05, 4.69) is 6.58 Å². The minimum atomic E-state index is -1.58. The molecule has 0 saturated heterocycles. The topological polar surface area (TPSA) is 88.8 Å². The molecule has 0 saturated carbocycles. The number of esters is 1. The molecule has 25 heavy (non-hydrogen) atoms. The fourth-order valence-electron chi connectivity index (χ4n) is 2.14. The van der Waals surface area contributed by atoms with E-state index in [1.54, 1.807) is 0 Å². The molecule has 0 aliphatic heterocycles. The standard InChI is InChI=1S/C16H14F2N2O5/c1-4-5-25-16(24)10-7-20(19(3)8(2)21)13-9(14(10)22)6-11(17)12(18)15(13)23/h4,6-7,23H,1,5H2,2-3H3. The van der Waals surface area contributed by atoms with Crippen LogP contribution in [0.4, 0.5) is 8.78 Å². The number of carbonyl (C=O) groups is 2. The van der Waals surface area contributed by atoms with E-state index in [0.29, 0.717) is 6.07 Å². The van der Waals surface area contributed by atoms with Crippen LogP contribution in [0.1, 0.15) is 17.3 Å². The van der Waals surface area contributed by atoms with E-state index >= 15 is 0 Å². The monoisotopic (exact) mass is 352 g/mol. The van der Waals surface area contributed by atoms with Gasteiger partial charge in [-0.2, -0.15) is 4.39 Å². The molecule has 1 heterocycles. The number of phenolic OH excluding ortho intramolecular Hbond substituents is 1. The number of rotatable bonds is 4. The Morgan fingerprint density at radius 1 is 1.44 bits per heavy atom. The third-order valence-electron chi connectivity index (χ3n) is 3.47. The summed E-state index contributed by atoms with van der Waals surface area (Å²) in [5, 5.41) is 10.3. The lowest BCUT2D eigenvalue weighted by Gasteiger charge is -2.22. The van der Waals surface area contributed by atoms with Crippen molar-refractivity contribution in [1.82, 2.24) is 4.68 Å². The van der Waals surface area contributed by atoms with Crippen LogP contribution in [-0.2, 0) is 9.53 Å². The van der Waals surface area contributed by atoms with E-state index in [9.17, 15) is 28.3 Å². The van der Waals surface area contributed by atoms with Gasteiger partial charge >= 0.3 is 5.97 Å². The SMILES string of the molecule is C=CCOC(=O)c1cn(N(C)C(C)=O)c2c(O)c(F)c(F)cc2c1=O. The number of phenols is 1. The highest BCUT2D eigenvalue weighted by Gasteiger charge is 2.24. The Hall–Kier alpha value is -3.23. The molecule has 0 fully saturated rings. The highest BCUT2D eigenvalue weighted by atomic mass is 19.2. The summed E-state index contributed by atoms with van der Waals surface area (Å²) in [6, 6.07) is 0.543. The van der Waals surface area contributed by atoms with Gasteiger partial charge in [0, 0.05) is 20.2 Å². The van der Waals surface area contributed by atoms with Gasteiger partial charge in [0.05, 0.1) is 5.39 Å². The molecule has 0 aliphatic rings. The summed E-state index contributed by atoms with van der Waals surface area (Å²) in [5.41, 5.74) is -1.96. The van der Waals surface area contributed by atoms with E-state index in [0.717, 1.165) is 22.8 Å². The predicted molar refractivity (Wildman–Crippen MR) is 85.1 cm³/mol. The van der Waals surface area contributed by atoms with Crippen LogP contribution < -0.4 is 10.4 Å². The maximum absolute atomic E-state index is 13.7. The van der Waals surface area contributed by atoms with Crippen molar-refractivity contribution in [2.24, 2.45) is 0 Å². The van der Waals surface area contributed by atoms with Gasteiger partial charge in [-0.25, -0.2) is 9.18 Å². The van der Waals surface area contributed by atoms with Crippen molar-refractivity contribution < 1.29 is 28.2 Å². The van der Waals surface area contributed by atoms with Crippen LogP contribution in [0, 0.1) is 11.6 Å². The van der Waals surface area contributed by atoms with Crippen LogP contribution in [0.5, 0.6) is 5.75 Å². The molecule has 0 spiro atoms. The van der Waals surface area contributed by atoms with E-state index in [4.69, 9.17) is 4.74 Å². The zero-order chi connectivity index (χ0) is 18.9. The van der Waals surface area contributed by atoms with E-state index in [1.807, 2.05) is 0 Å². The van der Waals surface area contributed by atoms with Gasteiger partial charge in [0.1, 0.15) is 17.7 Å². The fraction of sp³-hybridized carbons (Fsp3) is 0.188. The minimum absolute atomic E-state index is 0.179. The first-order valence-corrected chi connectivity index (χ1v) is 6.99. The van der Waals surface area contributed by atoms with Crippen LogP contribution in [0.15, 0.2) is 29.7 Å². The molecule has 1 amide bonds. The predicted octanol–water partition coefficient (Wildman–Crippen LogP) is 1.44. The van der Waals surface area contributed by atoms with Crippen molar-refractivity contribution >= 4 is 22.8 Å². The van der Waals surface area contributed by atoms with Crippen LogP contribution >= 0.6 is 0 Å². The number of pyridine rings is 1. The molecule has 1 N–H and O–H groups in total. The second-order valence-corrected chi connectivity index (χ2v) is 5.06. The number of hydrogen-bond acceptors (Lipinski definition) is 5. The molecule has 0 atom stereocenters. The average molecular weight is 352 g/mol. The molecule has 2 aromatic rings. The number of aromatic nitrogens is 1. The van der Waals surface area contributed by atoms with Gasteiger partial charge in [-0.1, -0.05) is 12.7 Å². The minimum Gasteiger partial charge on any atom is -0.503 e. The fourth-order valence-corrected chi connectivity index (χ4v) is 2.14. The quantitative estimate of drug-likeness (QED) is 0.664. The lowest BCUT2D eigenvalue weighted by molar-refractivity contribution is -0.117. The molecule has 0 bridgehead atoms. The molecular weight excluding hydrogens is 338 g/mol. The van der Waals surface area contributed by atoms with E-state index < -0.39 is 51.2 Å². The Bertz CT molecular complexity index is 952. The lowest BCUT2D eigenvalue weighted by atomic mass is 10.1. The van der Waals surface area contributed by atoms with Crippen molar-refractivity contribution in [1.29, 1.82) is 0 Å². The molecule has 2 rings (SSSR count). The number of nitrogens with zero attached hydrogens (tertiary/aromatic N) is 2. The van der Waals surface area contributed by atoms with Crippen molar-refractivity contribution in [3.8, 4) is 5.75 Å². The smallest absolute Gasteiger partial charge is 0.344 e. The largest absolute Gasteiger partial charge is 0.503 e. The first-order chi connectivity index (χ1) is 11.7. The van der Waals surface area contributed by atoms with Gasteiger partial charge in [0.25, 0.3) is 0 Å². The molecule has 0 unspecified atom stereocenters. The first-order valence-electron chi connectivity index (χ1n) is 6.99. The summed E-state index contributed by atoms with van der Waals surface area (Å²) >= 11 is 0. The summed E-state index contributed by atoms with van der Waals surface area (Å²) in [7, 11) is 1.26. The second kappa shape index (κ2) is 6.71. The molecule has 7 nitrogen and oxygen atoms in total. The normalized spacial score (nSPS) is 10.6. The summed E-state index contributed by atoms with van der Waals surface area (Å²) in [4.78, 5) is 36.1. The maximum atomic E-state index is 13.7. The number of carbonyl (C=O) groups excluding carboxylic acids is 2. The number of hydrogen-bond donors (Lipinski definition) is 1. The van der Waals surface area contributed by atoms with Gasteiger partial charge in [0.15, 0.2) is 11.6 Å². The van der Waals surface area contributed by atoms with Gasteiger partial charge in [0.2, 0.25) is 17.2 Å². The molecule has 0 aliphatic carbocycles. The van der Waals surface area contributed by atoms with Gasteiger partial charge in [-0.05, 0) is 6.07 Å². The number of ether oxygens (including phenoxy) is 1. The first kappa shape index (κ1) is 18.1. The van der Waals surface area contributed by atoms with Crippen LogP contribution in [0.25, 0.3) is 10.9 Å². The molecule has 0 radical (unpaired) electrons. The summed E-state index contributed by atoms with van der Waals surface area (Å²) in [5.74, 6) is -5.82. The zero-order valence-electron chi connectivity index (χ0n) is 13.4. The number of halogens is 2. The van der Waals surface area contributed by atoms with Crippen LogP contribution in [0.2, 0.25) is 0 Å². The maximum Gasteiger partial charge on any atom is 0.344 e. The number of benzene rings is 1. The van der Waals surface area contributed by atoms with Crippen molar-refractivity contribution in [3.05, 3.63) is 52.3 Å². The Morgan fingerprint density at radius 2 is 2.08 bits per heavy atom. The van der Waals surface area contributed by atoms with Gasteiger partial charge < -0.3 is 9.84 Å². The van der Waals surface area contributed by atoms with Crippen molar-refractivity contribution in [2.45, 2.75) is 6.92 Å². The number of amides is 1. The summed E-state index contributed by atoms with van der Waals surface area (Å²) in [6.45, 7) is 4.35. The summed E-state index contributed by atoms with van der Waals surface area (Å²) < 4.78 is 33.0. The second-order valence-electron chi connectivity index (χ2n) is 5.06. The average Bonchev–Trinajstić information content (AvgIpc) is 2.57. The van der Waals surface area contributed by atoms with Crippen LogP contribution in [0.3, 0.4) is 0 Å². The molecule has 9 heteroatoms. The lowest BCUT2D eigenvalue weighted by Crippen LogP contribution is -2.37. The van der Waals surface area contributed by atoms with Gasteiger partial charge in [-0.3, -0.25) is 19.3 Å². The Morgan fingerprint density at radius 3 is 2.64 bits per heavy atom. The molecule has 132 valence electrons. The van der Waals surface area contributed by atoms with E-state index in [1.165, 1.54) is 13.1 Å². The molecule has 1 aromatic heterocycles. The highest BCUT2D eigenvalue weighted by molar-refractivity contribution is 5.96. The van der Waals surface area contributed by atoms with Crippen LogP contribution in [-0.4, -0.2) is 35.3 Å². The number of aromatic hydroxyl groups is 1. The third kappa shape index (κ3) is 3.08. The Balaban J connectivity index is 2.91. The van der Waals surface area contributed by atoms with Crippen molar-refractivity contribution in [2.75, 3.05) is 18.7 Å². The third-order valence-corrected chi connectivity index (χ3v) is 3.47. The van der Waals surface area contributed by atoms with Crippen molar-refractivity contribution in [3.63, 3.8) is 0 Å². The highest BCUT2D eigenvalue weighted by Crippen LogP contribution is 2.28. The Kier molecular flexibility index (Phi) is 4.87. The zero-order valence-corrected chi connectivity index (χ0v) is 13.4. The van der Waals surface area contributed by atoms with E-state index in [-0.39, 0.29) is 6.61 Å². The Labute approximate surface area is 140 Å². The molecule has 1 aromatic carbocycles. The number of fused-ring (bicyclic) bond motifs is 1. The summed E-state index contributed by atoms with van der Waals surface area (Å²) in [6.07, 6.45) is 2.19. The molecular formula is C16H14F2N2O5. The van der Waals surface area contributed by atoms with Gasteiger partial charge in [-0.15, -0.1) is 0 Å².